The molecule has 0 amide bonds. The summed E-state index contributed by atoms with van der Waals surface area (Å²) in [6, 6.07) is 0. The maximum Gasteiger partial charge on any atom is 0.308 e. The topological polar surface area (TPSA) is 95.3 Å². The number of hydrogen-bond donors (Lipinski definition) is 1. The average Bonchev–Trinajstić information content (AvgIpc) is 2.25. The second kappa shape index (κ2) is 10.3. The quantitative estimate of drug-likeness (QED) is 0.216. The summed E-state index contributed by atoms with van der Waals surface area (Å²) >= 11 is 0. The lowest BCUT2D eigenvalue weighted by atomic mass is 10.1. The molecular formula is C10H19N3O3. The Balaban J connectivity index is 3.49. The van der Waals surface area contributed by atoms with Crippen molar-refractivity contribution >= 4 is 5.97 Å². The molecule has 1 N–H and O–H groups in total. The summed E-state index contributed by atoms with van der Waals surface area (Å²) in [6.45, 7) is 2.78. The van der Waals surface area contributed by atoms with Crippen molar-refractivity contribution in [3.63, 3.8) is 0 Å². The Morgan fingerprint density at radius 1 is 1.56 bits per heavy atom. The van der Waals surface area contributed by atoms with Crippen molar-refractivity contribution in [3.05, 3.63) is 10.4 Å². The first kappa shape index (κ1) is 14.7. The van der Waals surface area contributed by atoms with Crippen LogP contribution in [-0.4, -0.2) is 30.3 Å². The van der Waals surface area contributed by atoms with Gasteiger partial charge >= 0.3 is 5.97 Å². The van der Waals surface area contributed by atoms with Crippen LogP contribution in [0.15, 0.2) is 5.11 Å². The van der Waals surface area contributed by atoms with E-state index in [-0.39, 0.29) is 12.4 Å². The number of unbranched alkanes of at least 4 members (excludes halogenated alkanes) is 1. The first-order chi connectivity index (χ1) is 7.70. The van der Waals surface area contributed by atoms with Crippen LogP contribution < -0.4 is 0 Å². The number of carbonyl (C=O) groups is 1. The molecule has 0 aliphatic carbocycles. The van der Waals surface area contributed by atoms with Gasteiger partial charge in [-0.05, 0) is 24.8 Å². The third kappa shape index (κ3) is 9.30. The molecule has 92 valence electrons. The Bertz CT molecular complexity index is 239. The number of hydrogen-bond acceptors (Lipinski definition) is 4. The Morgan fingerprint density at radius 3 is 2.94 bits per heavy atom. The first-order valence-corrected chi connectivity index (χ1v) is 5.55. The van der Waals surface area contributed by atoms with Gasteiger partial charge in [0, 0.05) is 11.5 Å². The third-order valence-corrected chi connectivity index (χ3v) is 2.02. The van der Waals surface area contributed by atoms with E-state index in [1.165, 1.54) is 0 Å². The molecule has 0 spiro atoms. The Labute approximate surface area is 95.2 Å². The molecule has 0 heterocycles. The smallest absolute Gasteiger partial charge is 0.308 e. The van der Waals surface area contributed by atoms with E-state index in [2.05, 4.69) is 10.0 Å². The molecule has 1 unspecified atom stereocenters. The zero-order chi connectivity index (χ0) is 12.2. The molecule has 6 heteroatoms. The van der Waals surface area contributed by atoms with Gasteiger partial charge in [-0.1, -0.05) is 18.5 Å². The highest BCUT2D eigenvalue weighted by atomic mass is 16.5. The van der Waals surface area contributed by atoms with Crippen LogP contribution in [-0.2, 0) is 9.53 Å². The largest absolute Gasteiger partial charge is 0.466 e. The minimum absolute atomic E-state index is 0.0139. The molecule has 0 rings (SSSR count). The second-order valence-corrected chi connectivity index (χ2v) is 3.53. The molecule has 0 bridgehead atoms. The second-order valence-electron chi connectivity index (χ2n) is 3.53. The van der Waals surface area contributed by atoms with Crippen molar-refractivity contribution in [1.82, 2.24) is 0 Å². The Morgan fingerprint density at radius 2 is 2.31 bits per heavy atom. The van der Waals surface area contributed by atoms with Gasteiger partial charge in [0.2, 0.25) is 0 Å². The molecule has 0 aromatic heterocycles. The van der Waals surface area contributed by atoms with E-state index >= 15 is 0 Å². The van der Waals surface area contributed by atoms with Crippen molar-refractivity contribution in [3.8, 4) is 0 Å². The van der Waals surface area contributed by atoms with Crippen molar-refractivity contribution in [1.29, 1.82) is 0 Å². The summed E-state index contributed by atoms with van der Waals surface area (Å²) in [5.41, 5.74) is 8.02. The van der Waals surface area contributed by atoms with Gasteiger partial charge < -0.3 is 9.84 Å². The van der Waals surface area contributed by atoms with E-state index in [4.69, 9.17) is 10.3 Å². The number of aliphatic hydroxyl groups is 1. The van der Waals surface area contributed by atoms with Crippen molar-refractivity contribution in [2.75, 3.05) is 13.2 Å². The SMILES string of the molecule is CCCCOC(=O)CC(O)CCCN=[N+]=[N-]. The maximum absolute atomic E-state index is 11.2. The molecule has 0 aromatic rings. The van der Waals surface area contributed by atoms with Gasteiger partial charge in [-0.25, -0.2) is 0 Å². The molecule has 0 fully saturated rings. The van der Waals surface area contributed by atoms with Crippen molar-refractivity contribution in [2.45, 2.75) is 45.1 Å². The van der Waals surface area contributed by atoms with Gasteiger partial charge in [0.15, 0.2) is 0 Å². The number of carbonyl (C=O) groups excluding carboxylic acids is 1. The highest BCUT2D eigenvalue weighted by Crippen LogP contribution is 2.04. The number of azide groups is 1. The highest BCUT2D eigenvalue weighted by Gasteiger charge is 2.11. The average molecular weight is 229 g/mol. The maximum atomic E-state index is 11.2. The van der Waals surface area contributed by atoms with E-state index in [1.807, 2.05) is 6.92 Å². The predicted octanol–water partition coefficient (Wildman–Crippen LogP) is 2.17. The van der Waals surface area contributed by atoms with E-state index < -0.39 is 6.10 Å². The van der Waals surface area contributed by atoms with Gasteiger partial charge in [-0.3, -0.25) is 4.79 Å². The van der Waals surface area contributed by atoms with Crippen molar-refractivity contribution < 1.29 is 14.6 Å². The van der Waals surface area contributed by atoms with Crippen LogP contribution in [0.1, 0.15) is 39.0 Å². The van der Waals surface area contributed by atoms with E-state index in [0.717, 1.165) is 12.8 Å². The number of nitrogens with zero attached hydrogens (tertiary/aromatic N) is 3. The lowest BCUT2D eigenvalue weighted by molar-refractivity contribution is -0.146. The van der Waals surface area contributed by atoms with Crippen LogP contribution in [0, 0.1) is 0 Å². The highest BCUT2D eigenvalue weighted by molar-refractivity contribution is 5.69. The van der Waals surface area contributed by atoms with Crippen LogP contribution in [0.4, 0.5) is 0 Å². The molecule has 0 saturated carbocycles. The molecular weight excluding hydrogens is 210 g/mol. The third-order valence-electron chi connectivity index (χ3n) is 2.02. The van der Waals surface area contributed by atoms with Gasteiger partial charge in [0.25, 0.3) is 0 Å². The van der Waals surface area contributed by atoms with Crippen molar-refractivity contribution in [2.24, 2.45) is 5.11 Å². The fourth-order valence-electron chi connectivity index (χ4n) is 1.13. The summed E-state index contributed by atoms with van der Waals surface area (Å²) in [6.07, 6.45) is 2.15. The van der Waals surface area contributed by atoms with Crippen LogP contribution in [0.2, 0.25) is 0 Å². The lowest BCUT2D eigenvalue weighted by Crippen LogP contribution is -2.16. The van der Waals surface area contributed by atoms with E-state index in [9.17, 15) is 9.90 Å². The molecule has 0 aliphatic rings. The molecule has 1 atom stereocenters. The minimum Gasteiger partial charge on any atom is -0.466 e. The molecule has 0 radical (unpaired) electrons. The van der Waals surface area contributed by atoms with Crippen LogP contribution >= 0.6 is 0 Å². The van der Waals surface area contributed by atoms with Gasteiger partial charge in [-0.2, -0.15) is 0 Å². The normalized spacial score (nSPS) is 11.6. The monoisotopic (exact) mass is 229 g/mol. The van der Waals surface area contributed by atoms with Crippen LogP contribution in [0.3, 0.4) is 0 Å². The van der Waals surface area contributed by atoms with Crippen LogP contribution in [0.25, 0.3) is 10.4 Å². The summed E-state index contributed by atoms with van der Waals surface area (Å²) < 4.78 is 4.90. The first-order valence-electron chi connectivity index (χ1n) is 5.55. The summed E-state index contributed by atoms with van der Waals surface area (Å²) in [7, 11) is 0. The van der Waals surface area contributed by atoms with Gasteiger partial charge in [0.05, 0.1) is 19.1 Å². The van der Waals surface area contributed by atoms with E-state index in [1.54, 1.807) is 0 Å². The summed E-state index contributed by atoms with van der Waals surface area (Å²) in [4.78, 5) is 13.7. The molecule has 6 nitrogen and oxygen atoms in total. The lowest BCUT2D eigenvalue weighted by Gasteiger charge is -2.09. The Hall–Kier alpha value is -1.26. The van der Waals surface area contributed by atoms with Gasteiger partial charge in [-0.15, -0.1) is 0 Å². The molecule has 0 saturated heterocycles. The minimum atomic E-state index is -0.706. The zero-order valence-electron chi connectivity index (χ0n) is 9.63. The number of esters is 1. The fraction of sp³-hybridized carbons (Fsp3) is 0.900. The Kier molecular flexibility index (Phi) is 9.46. The molecule has 0 aliphatic heterocycles. The fourth-order valence-corrected chi connectivity index (χ4v) is 1.13. The van der Waals surface area contributed by atoms with E-state index in [0.29, 0.717) is 26.0 Å². The molecule has 0 aromatic carbocycles. The number of aliphatic hydroxyl groups excluding tert-OH is 1. The zero-order valence-corrected chi connectivity index (χ0v) is 9.63. The summed E-state index contributed by atoms with van der Waals surface area (Å²) in [5, 5.41) is 12.8. The van der Waals surface area contributed by atoms with Gasteiger partial charge in [0.1, 0.15) is 0 Å². The number of rotatable bonds is 9. The van der Waals surface area contributed by atoms with Crippen LogP contribution in [0.5, 0.6) is 0 Å². The molecule has 16 heavy (non-hydrogen) atoms. The number of ether oxygens (including phenoxy) is 1. The standard InChI is InChI=1S/C10H19N3O3/c1-2-3-7-16-10(15)8-9(14)5-4-6-12-13-11/h9,14H,2-8H2,1H3. The predicted molar refractivity (Wildman–Crippen MR) is 59.7 cm³/mol. The summed E-state index contributed by atoms with van der Waals surface area (Å²) in [5.74, 6) is -0.371.